The third-order valence-corrected chi connectivity index (χ3v) is 2.78. The molecule has 2 heterocycles. The number of carboxylic acid groups (broad SMARTS) is 1. The minimum absolute atomic E-state index is 0.0636. The van der Waals surface area contributed by atoms with Gasteiger partial charge in [-0.15, -0.1) is 0 Å². The molecule has 8 heteroatoms. The number of nitrogens with one attached hydrogen (secondary N) is 1. The van der Waals surface area contributed by atoms with Gasteiger partial charge in [-0.05, 0) is 24.0 Å². The Bertz CT molecular complexity index is 637. The number of pyridine rings is 1. The zero-order valence-corrected chi connectivity index (χ0v) is 10.7. The maximum atomic E-state index is 11.1. The zero-order chi connectivity index (χ0) is 14.5. The van der Waals surface area contributed by atoms with E-state index in [-0.39, 0.29) is 18.8 Å². The smallest absolute Gasteiger partial charge is 0.352 e. The first-order chi connectivity index (χ1) is 9.59. The number of carbonyl (C=O) groups is 1. The fraction of sp³-hybridized carbons (Fsp3) is 0.333. The Morgan fingerprint density at radius 1 is 1.50 bits per heavy atom. The second-order valence-electron chi connectivity index (χ2n) is 4.24. The van der Waals surface area contributed by atoms with Gasteiger partial charge in [0, 0.05) is 19.0 Å². The maximum absolute atomic E-state index is 11.1. The molecule has 0 radical (unpaired) electrons. The van der Waals surface area contributed by atoms with Crippen LogP contribution in [-0.4, -0.2) is 31.9 Å². The lowest BCUT2D eigenvalue weighted by Crippen LogP contribution is -2.16. The highest BCUT2D eigenvalue weighted by Crippen LogP contribution is 2.20. The first-order valence-electron chi connectivity index (χ1n) is 6.12. The molecular formula is C12H14N4O4. The summed E-state index contributed by atoms with van der Waals surface area (Å²) in [5, 5.41) is 22.6. The fourth-order valence-electron chi connectivity index (χ4n) is 1.91. The van der Waals surface area contributed by atoms with Gasteiger partial charge in [0.05, 0.1) is 6.20 Å². The number of rotatable bonds is 7. The number of aliphatic carboxylic acids is 1. The normalized spacial score (nSPS) is 10.8. The van der Waals surface area contributed by atoms with Gasteiger partial charge >= 0.3 is 11.8 Å². The highest BCUT2D eigenvalue weighted by molar-refractivity contribution is 5.66. The lowest BCUT2D eigenvalue weighted by Gasteiger charge is -2.01. The van der Waals surface area contributed by atoms with Crippen LogP contribution in [-0.2, 0) is 11.3 Å². The predicted octanol–water partition coefficient (Wildman–Crippen LogP) is 1.20. The highest BCUT2D eigenvalue weighted by atomic mass is 16.6. The number of nitrogens with zero attached hydrogens (tertiary/aromatic N) is 3. The number of hydrogen-bond donors (Lipinski definition) is 2. The average molecular weight is 278 g/mol. The Balaban J connectivity index is 2.07. The number of carboxylic acids is 1. The molecule has 0 fully saturated rings. The highest BCUT2D eigenvalue weighted by Gasteiger charge is 2.21. The maximum Gasteiger partial charge on any atom is 0.352 e. The Hall–Kier alpha value is -2.48. The molecular weight excluding hydrogens is 264 g/mol. The molecule has 0 atom stereocenters. The molecule has 0 unspecified atom stereocenters. The van der Waals surface area contributed by atoms with Crippen molar-refractivity contribution >= 4 is 17.4 Å². The number of fused-ring (bicyclic) bond motifs is 1. The molecule has 0 aliphatic rings. The molecule has 0 saturated heterocycles. The molecule has 0 aliphatic carbocycles. The fourth-order valence-corrected chi connectivity index (χ4v) is 1.91. The first kappa shape index (κ1) is 13.9. The summed E-state index contributed by atoms with van der Waals surface area (Å²) in [4.78, 5) is 25.2. The van der Waals surface area contributed by atoms with Crippen molar-refractivity contribution in [1.29, 1.82) is 0 Å². The van der Waals surface area contributed by atoms with E-state index < -0.39 is 10.9 Å². The van der Waals surface area contributed by atoms with Crippen LogP contribution in [0.3, 0.4) is 0 Å². The summed E-state index contributed by atoms with van der Waals surface area (Å²) in [5.74, 6) is -0.920. The molecule has 2 aromatic rings. The molecule has 2 aromatic heterocycles. The minimum Gasteiger partial charge on any atom is -0.481 e. The van der Waals surface area contributed by atoms with Gasteiger partial charge in [0.1, 0.15) is 0 Å². The monoisotopic (exact) mass is 278 g/mol. The summed E-state index contributed by atoms with van der Waals surface area (Å²) in [7, 11) is 0. The predicted molar refractivity (Wildman–Crippen MR) is 70.4 cm³/mol. The molecule has 0 aliphatic heterocycles. The zero-order valence-electron chi connectivity index (χ0n) is 10.7. The van der Waals surface area contributed by atoms with E-state index in [1.54, 1.807) is 24.4 Å². The number of hydrogen-bond acceptors (Lipinski definition) is 5. The molecule has 0 bridgehead atoms. The van der Waals surface area contributed by atoms with Crippen molar-refractivity contribution in [1.82, 2.24) is 14.7 Å². The van der Waals surface area contributed by atoms with E-state index in [0.717, 1.165) is 0 Å². The van der Waals surface area contributed by atoms with Crippen LogP contribution in [0.1, 0.15) is 18.5 Å². The lowest BCUT2D eigenvalue weighted by molar-refractivity contribution is -0.391. The van der Waals surface area contributed by atoms with E-state index in [2.05, 4.69) is 10.3 Å². The van der Waals surface area contributed by atoms with Crippen LogP contribution in [0.2, 0.25) is 0 Å². The average Bonchev–Trinajstić information content (AvgIpc) is 2.76. The molecule has 20 heavy (non-hydrogen) atoms. The summed E-state index contributed by atoms with van der Waals surface area (Å²) in [6.07, 6.45) is 2.13. The van der Waals surface area contributed by atoms with Gasteiger partial charge in [-0.2, -0.15) is 4.40 Å². The minimum atomic E-state index is -0.856. The van der Waals surface area contributed by atoms with E-state index in [1.165, 1.54) is 4.40 Å². The number of imidazole rings is 1. The Morgan fingerprint density at radius 3 is 3.00 bits per heavy atom. The van der Waals surface area contributed by atoms with Crippen LogP contribution < -0.4 is 5.32 Å². The summed E-state index contributed by atoms with van der Waals surface area (Å²) in [6.45, 7) is 0.703. The van der Waals surface area contributed by atoms with Crippen molar-refractivity contribution in [3.63, 3.8) is 0 Å². The Morgan fingerprint density at radius 2 is 2.30 bits per heavy atom. The van der Waals surface area contributed by atoms with Crippen LogP contribution >= 0.6 is 0 Å². The Labute approximate surface area is 114 Å². The molecule has 0 spiro atoms. The van der Waals surface area contributed by atoms with E-state index in [9.17, 15) is 14.9 Å². The largest absolute Gasteiger partial charge is 0.481 e. The second kappa shape index (κ2) is 6.11. The van der Waals surface area contributed by atoms with Gasteiger partial charge in [-0.25, -0.2) is 4.98 Å². The van der Waals surface area contributed by atoms with Crippen molar-refractivity contribution in [3.05, 3.63) is 40.2 Å². The third kappa shape index (κ3) is 3.09. The summed E-state index contributed by atoms with van der Waals surface area (Å²) in [5.41, 5.74) is 0.859. The van der Waals surface area contributed by atoms with Gasteiger partial charge in [0.25, 0.3) is 0 Å². The van der Waals surface area contributed by atoms with E-state index in [0.29, 0.717) is 24.3 Å². The summed E-state index contributed by atoms with van der Waals surface area (Å²) < 4.78 is 1.42. The summed E-state index contributed by atoms with van der Waals surface area (Å²) >= 11 is 0. The van der Waals surface area contributed by atoms with E-state index in [4.69, 9.17) is 5.11 Å². The van der Waals surface area contributed by atoms with Crippen LogP contribution in [0.25, 0.3) is 5.65 Å². The molecule has 0 saturated carbocycles. The second-order valence-corrected chi connectivity index (χ2v) is 4.24. The molecule has 8 nitrogen and oxygen atoms in total. The Kier molecular flexibility index (Phi) is 4.26. The number of aromatic nitrogens is 2. The van der Waals surface area contributed by atoms with Crippen molar-refractivity contribution in [2.45, 2.75) is 19.4 Å². The van der Waals surface area contributed by atoms with Crippen molar-refractivity contribution in [3.8, 4) is 0 Å². The van der Waals surface area contributed by atoms with Gasteiger partial charge < -0.3 is 20.5 Å². The van der Waals surface area contributed by atoms with Crippen LogP contribution in [0, 0.1) is 10.1 Å². The van der Waals surface area contributed by atoms with E-state index in [1.807, 2.05) is 0 Å². The standard InChI is InChI=1S/C12H14N4O4/c17-11(18)5-3-6-13-8-9-12(16(19)20)15-7-2-1-4-10(15)14-9/h1-2,4,7,13H,3,5-6,8H2,(H,17,18). The van der Waals surface area contributed by atoms with Gasteiger partial charge in [0.15, 0.2) is 5.69 Å². The van der Waals surface area contributed by atoms with E-state index >= 15 is 0 Å². The first-order valence-corrected chi connectivity index (χ1v) is 6.12. The van der Waals surface area contributed by atoms with Gasteiger partial charge in [-0.1, -0.05) is 6.07 Å². The third-order valence-electron chi connectivity index (χ3n) is 2.78. The topological polar surface area (TPSA) is 110 Å². The molecule has 0 amide bonds. The van der Waals surface area contributed by atoms with Crippen molar-refractivity contribution < 1.29 is 14.8 Å². The molecule has 2 rings (SSSR count). The van der Waals surface area contributed by atoms with Crippen molar-refractivity contribution in [2.24, 2.45) is 0 Å². The van der Waals surface area contributed by atoms with Crippen LogP contribution in [0.5, 0.6) is 0 Å². The molecule has 0 aromatic carbocycles. The van der Waals surface area contributed by atoms with Gasteiger partial charge in [0.2, 0.25) is 5.65 Å². The van der Waals surface area contributed by atoms with Crippen molar-refractivity contribution in [2.75, 3.05) is 6.54 Å². The number of nitro groups is 1. The van der Waals surface area contributed by atoms with Crippen LogP contribution in [0.4, 0.5) is 5.82 Å². The molecule has 106 valence electrons. The quantitative estimate of drug-likeness (QED) is 0.447. The lowest BCUT2D eigenvalue weighted by atomic mass is 10.3. The SMILES string of the molecule is O=C(O)CCCNCc1nc2ccccn2c1[N+](=O)[O-]. The van der Waals surface area contributed by atoms with Crippen LogP contribution in [0.15, 0.2) is 24.4 Å². The molecule has 2 N–H and O–H groups in total. The van der Waals surface area contributed by atoms with Gasteiger partial charge in [-0.3, -0.25) is 4.79 Å². The summed E-state index contributed by atoms with van der Waals surface area (Å²) in [6, 6.07) is 5.16.